The standard InChI is InChI=1S/C18H29N3O.ClH/c1-5-14-6-8-15(9-7-14)16-12-19-10-11-21(16)13-17(22)20-18(2,3)4;/h6-9,16,19H,5,10-13H2,1-4H3,(H,20,22);1H. The predicted molar refractivity (Wildman–Crippen MR) is 98.1 cm³/mol. The SMILES string of the molecule is CCc1ccc(C2CNCCN2CC(=O)NC(C)(C)C)cc1.Cl. The van der Waals surface area contributed by atoms with Gasteiger partial charge in [0.2, 0.25) is 5.91 Å². The molecule has 0 radical (unpaired) electrons. The van der Waals surface area contributed by atoms with Crippen LogP contribution in [0.2, 0.25) is 0 Å². The van der Waals surface area contributed by atoms with Crippen LogP contribution in [-0.2, 0) is 11.2 Å². The minimum atomic E-state index is -0.177. The Balaban J connectivity index is 0.00000264. The summed E-state index contributed by atoms with van der Waals surface area (Å²) in [6.07, 6.45) is 1.06. The van der Waals surface area contributed by atoms with Crippen molar-refractivity contribution in [2.24, 2.45) is 0 Å². The molecule has 1 aromatic rings. The summed E-state index contributed by atoms with van der Waals surface area (Å²) in [6.45, 7) is 11.4. The van der Waals surface area contributed by atoms with E-state index in [0.717, 1.165) is 26.1 Å². The number of halogens is 1. The highest BCUT2D eigenvalue weighted by Crippen LogP contribution is 2.22. The van der Waals surface area contributed by atoms with Gasteiger partial charge in [-0.25, -0.2) is 0 Å². The van der Waals surface area contributed by atoms with E-state index in [4.69, 9.17) is 0 Å². The first kappa shape index (κ1) is 19.9. The zero-order chi connectivity index (χ0) is 16.2. The highest BCUT2D eigenvalue weighted by atomic mass is 35.5. The maximum atomic E-state index is 12.2. The summed E-state index contributed by atoms with van der Waals surface area (Å²) in [5, 5.41) is 6.50. The number of rotatable bonds is 4. The number of aryl methyl sites for hydroxylation is 1. The van der Waals surface area contributed by atoms with Crippen LogP contribution in [0.25, 0.3) is 0 Å². The van der Waals surface area contributed by atoms with E-state index in [9.17, 15) is 4.79 Å². The lowest BCUT2D eigenvalue weighted by atomic mass is 10.0. The third-order valence-electron chi connectivity index (χ3n) is 3.99. The average molecular weight is 340 g/mol. The third-order valence-corrected chi connectivity index (χ3v) is 3.99. The van der Waals surface area contributed by atoms with Crippen LogP contribution in [0.3, 0.4) is 0 Å². The molecule has 1 atom stereocenters. The minimum Gasteiger partial charge on any atom is -0.350 e. The van der Waals surface area contributed by atoms with Gasteiger partial charge in [0.25, 0.3) is 0 Å². The van der Waals surface area contributed by atoms with Crippen molar-refractivity contribution in [2.75, 3.05) is 26.2 Å². The van der Waals surface area contributed by atoms with Crippen LogP contribution in [0, 0.1) is 0 Å². The van der Waals surface area contributed by atoms with Crippen molar-refractivity contribution in [1.82, 2.24) is 15.5 Å². The van der Waals surface area contributed by atoms with Gasteiger partial charge in [-0.05, 0) is 38.3 Å². The molecule has 1 heterocycles. The molecule has 2 N–H and O–H groups in total. The summed E-state index contributed by atoms with van der Waals surface area (Å²) in [6, 6.07) is 9.05. The molecule has 0 saturated carbocycles. The monoisotopic (exact) mass is 339 g/mol. The van der Waals surface area contributed by atoms with Gasteiger partial charge in [-0.3, -0.25) is 9.69 Å². The first-order valence-electron chi connectivity index (χ1n) is 8.23. The van der Waals surface area contributed by atoms with Gasteiger partial charge in [-0.2, -0.15) is 0 Å². The van der Waals surface area contributed by atoms with E-state index in [2.05, 4.69) is 46.7 Å². The summed E-state index contributed by atoms with van der Waals surface area (Å²) < 4.78 is 0. The first-order valence-corrected chi connectivity index (χ1v) is 8.23. The molecule has 1 unspecified atom stereocenters. The number of hydrogen-bond acceptors (Lipinski definition) is 3. The Kier molecular flexibility index (Phi) is 7.52. The van der Waals surface area contributed by atoms with Crippen molar-refractivity contribution >= 4 is 18.3 Å². The van der Waals surface area contributed by atoms with Gasteiger partial charge >= 0.3 is 0 Å². The Hall–Kier alpha value is -1.10. The Morgan fingerprint density at radius 3 is 2.52 bits per heavy atom. The maximum Gasteiger partial charge on any atom is 0.234 e. The maximum absolute atomic E-state index is 12.2. The zero-order valence-corrected chi connectivity index (χ0v) is 15.5. The van der Waals surface area contributed by atoms with Crippen LogP contribution in [0.15, 0.2) is 24.3 Å². The van der Waals surface area contributed by atoms with Crippen LogP contribution >= 0.6 is 12.4 Å². The van der Waals surface area contributed by atoms with E-state index in [1.54, 1.807) is 0 Å². The van der Waals surface area contributed by atoms with Crippen LogP contribution in [0.1, 0.15) is 44.9 Å². The summed E-state index contributed by atoms with van der Waals surface area (Å²) >= 11 is 0. The quantitative estimate of drug-likeness (QED) is 0.886. The Labute approximate surface area is 146 Å². The van der Waals surface area contributed by atoms with Gasteiger partial charge in [0, 0.05) is 31.2 Å². The topological polar surface area (TPSA) is 44.4 Å². The molecule has 1 fully saturated rings. The van der Waals surface area contributed by atoms with E-state index < -0.39 is 0 Å². The molecule has 5 heteroatoms. The molecule has 2 rings (SSSR count). The second-order valence-electron chi connectivity index (χ2n) is 7.08. The number of benzene rings is 1. The second kappa shape index (κ2) is 8.67. The summed E-state index contributed by atoms with van der Waals surface area (Å²) in [5.74, 6) is 0.101. The van der Waals surface area contributed by atoms with Crippen molar-refractivity contribution in [2.45, 2.75) is 45.7 Å². The minimum absolute atomic E-state index is 0. The second-order valence-corrected chi connectivity index (χ2v) is 7.08. The van der Waals surface area contributed by atoms with Gasteiger partial charge in [-0.15, -0.1) is 12.4 Å². The molecule has 0 spiro atoms. The number of carbonyl (C=O) groups is 1. The molecule has 1 aliphatic heterocycles. The summed E-state index contributed by atoms with van der Waals surface area (Å²) in [5.41, 5.74) is 2.46. The normalized spacial score (nSPS) is 19.0. The van der Waals surface area contributed by atoms with Gasteiger partial charge in [0.1, 0.15) is 0 Å². The number of piperazine rings is 1. The molecule has 4 nitrogen and oxygen atoms in total. The number of hydrogen-bond donors (Lipinski definition) is 2. The van der Waals surface area contributed by atoms with E-state index in [1.807, 2.05) is 20.8 Å². The van der Waals surface area contributed by atoms with E-state index in [1.165, 1.54) is 11.1 Å². The Morgan fingerprint density at radius 1 is 1.30 bits per heavy atom. The molecular formula is C18H30ClN3O. The van der Waals surface area contributed by atoms with E-state index >= 15 is 0 Å². The molecule has 1 saturated heterocycles. The third kappa shape index (κ3) is 6.13. The molecule has 1 aliphatic rings. The van der Waals surface area contributed by atoms with Crippen LogP contribution in [-0.4, -0.2) is 42.5 Å². The molecule has 0 aliphatic carbocycles. The molecule has 0 bridgehead atoms. The fourth-order valence-corrected chi connectivity index (χ4v) is 2.88. The molecule has 23 heavy (non-hydrogen) atoms. The number of nitrogens with zero attached hydrogens (tertiary/aromatic N) is 1. The molecular weight excluding hydrogens is 310 g/mol. The van der Waals surface area contributed by atoms with Gasteiger partial charge < -0.3 is 10.6 Å². The smallest absolute Gasteiger partial charge is 0.234 e. The van der Waals surface area contributed by atoms with Crippen molar-refractivity contribution in [1.29, 1.82) is 0 Å². The highest BCUT2D eigenvalue weighted by Gasteiger charge is 2.26. The highest BCUT2D eigenvalue weighted by molar-refractivity contribution is 5.85. The lowest BCUT2D eigenvalue weighted by molar-refractivity contribution is -0.124. The fraction of sp³-hybridized carbons (Fsp3) is 0.611. The zero-order valence-electron chi connectivity index (χ0n) is 14.7. The predicted octanol–water partition coefficient (Wildman–Crippen LogP) is 2.53. The molecule has 1 aromatic carbocycles. The molecule has 0 aromatic heterocycles. The van der Waals surface area contributed by atoms with Crippen LogP contribution in [0.4, 0.5) is 0 Å². The van der Waals surface area contributed by atoms with Crippen molar-refractivity contribution in [3.8, 4) is 0 Å². The average Bonchev–Trinajstić information content (AvgIpc) is 2.46. The number of amides is 1. The number of carbonyl (C=O) groups excluding carboxylic acids is 1. The van der Waals surface area contributed by atoms with Crippen molar-refractivity contribution < 1.29 is 4.79 Å². The summed E-state index contributed by atoms with van der Waals surface area (Å²) in [7, 11) is 0. The Bertz CT molecular complexity index is 496. The lowest BCUT2D eigenvalue weighted by Gasteiger charge is -2.36. The van der Waals surface area contributed by atoms with E-state index in [-0.39, 0.29) is 29.9 Å². The van der Waals surface area contributed by atoms with Gasteiger partial charge in [0.15, 0.2) is 0 Å². The van der Waals surface area contributed by atoms with Crippen molar-refractivity contribution in [3.05, 3.63) is 35.4 Å². The van der Waals surface area contributed by atoms with Gasteiger partial charge in [-0.1, -0.05) is 31.2 Å². The summed E-state index contributed by atoms with van der Waals surface area (Å²) in [4.78, 5) is 14.5. The van der Waals surface area contributed by atoms with Crippen LogP contribution in [0.5, 0.6) is 0 Å². The van der Waals surface area contributed by atoms with Gasteiger partial charge in [0.05, 0.1) is 6.54 Å². The lowest BCUT2D eigenvalue weighted by Crippen LogP contribution is -2.51. The van der Waals surface area contributed by atoms with Crippen LogP contribution < -0.4 is 10.6 Å². The first-order chi connectivity index (χ1) is 10.4. The molecule has 1 amide bonds. The number of nitrogens with one attached hydrogen (secondary N) is 2. The van der Waals surface area contributed by atoms with Crippen molar-refractivity contribution in [3.63, 3.8) is 0 Å². The van der Waals surface area contributed by atoms with E-state index in [0.29, 0.717) is 6.54 Å². The Morgan fingerprint density at radius 2 is 1.96 bits per heavy atom. The molecule has 130 valence electrons. The largest absolute Gasteiger partial charge is 0.350 e. The fourth-order valence-electron chi connectivity index (χ4n) is 2.88.